The predicted molar refractivity (Wildman–Crippen MR) is 128 cm³/mol. The average Bonchev–Trinajstić information content (AvgIpc) is 2.82. The summed E-state index contributed by atoms with van der Waals surface area (Å²) in [5.74, 6) is -3.23. The molecule has 0 radical (unpaired) electrons. The minimum atomic E-state index is -1.26. The third kappa shape index (κ3) is 8.75. The molecule has 3 amide bonds. The normalized spacial score (nSPS) is 13.2. The van der Waals surface area contributed by atoms with Crippen molar-refractivity contribution in [1.82, 2.24) is 16.0 Å². The quantitative estimate of drug-likeness (QED) is 0.199. The SMILES string of the molecule is NC(Cc1ccccc1)C(=O)NCC(=O)NC(CS)C(=O)NC(Cc1ccc(O)cc1)C(=O)O. The molecule has 2 aromatic carbocycles. The van der Waals surface area contributed by atoms with Crippen molar-refractivity contribution in [3.05, 3.63) is 65.7 Å². The third-order valence-corrected chi connectivity index (χ3v) is 5.25. The Morgan fingerprint density at radius 3 is 2.06 bits per heavy atom. The van der Waals surface area contributed by atoms with E-state index in [1.165, 1.54) is 12.1 Å². The lowest BCUT2D eigenvalue weighted by molar-refractivity contribution is -0.142. The van der Waals surface area contributed by atoms with Crippen molar-refractivity contribution in [3.8, 4) is 5.75 Å². The Morgan fingerprint density at radius 1 is 0.853 bits per heavy atom. The lowest BCUT2D eigenvalue weighted by Crippen LogP contribution is -2.55. The molecule has 0 fully saturated rings. The maximum atomic E-state index is 12.5. The Kier molecular flexibility index (Phi) is 10.4. The Morgan fingerprint density at radius 2 is 1.47 bits per heavy atom. The molecule has 11 heteroatoms. The topological polar surface area (TPSA) is 171 Å². The zero-order valence-electron chi connectivity index (χ0n) is 18.3. The number of rotatable bonds is 12. The lowest BCUT2D eigenvalue weighted by Gasteiger charge is -2.20. The highest BCUT2D eigenvalue weighted by molar-refractivity contribution is 7.80. The number of thiol groups is 1. The number of aliphatic carboxylic acids is 1. The molecule has 0 spiro atoms. The Labute approximate surface area is 202 Å². The first-order chi connectivity index (χ1) is 16.2. The number of phenols is 1. The molecule has 182 valence electrons. The van der Waals surface area contributed by atoms with Crippen molar-refractivity contribution in [3.63, 3.8) is 0 Å². The minimum Gasteiger partial charge on any atom is -0.508 e. The number of carboxylic acids is 1. The maximum absolute atomic E-state index is 12.5. The van der Waals surface area contributed by atoms with E-state index >= 15 is 0 Å². The summed E-state index contributed by atoms with van der Waals surface area (Å²) in [7, 11) is 0. The molecule has 0 aliphatic carbocycles. The van der Waals surface area contributed by atoms with Gasteiger partial charge in [-0.2, -0.15) is 12.6 Å². The summed E-state index contributed by atoms with van der Waals surface area (Å²) in [6.07, 6.45) is 0.275. The van der Waals surface area contributed by atoms with Gasteiger partial charge < -0.3 is 31.9 Å². The highest BCUT2D eigenvalue weighted by atomic mass is 32.1. The molecule has 3 unspecified atom stereocenters. The molecule has 0 aliphatic rings. The smallest absolute Gasteiger partial charge is 0.326 e. The van der Waals surface area contributed by atoms with Crippen LogP contribution in [0.1, 0.15) is 11.1 Å². The number of carbonyl (C=O) groups is 4. The van der Waals surface area contributed by atoms with E-state index in [4.69, 9.17) is 5.73 Å². The molecule has 10 nitrogen and oxygen atoms in total. The van der Waals surface area contributed by atoms with Crippen LogP contribution in [0.25, 0.3) is 0 Å². The highest BCUT2D eigenvalue weighted by Gasteiger charge is 2.26. The van der Waals surface area contributed by atoms with Gasteiger partial charge in [0.25, 0.3) is 0 Å². The lowest BCUT2D eigenvalue weighted by atomic mass is 10.1. The van der Waals surface area contributed by atoms with Gasteiger partial charge in [-0.25, -0.2) is 4.79 Å². The summed E-state index contributed by atoms with van der Waals surface area (Å²) in [6.45, 7) is -0.408. The fraction of sp³-hybridized carbons (Fsp3) is 0.304. The van der Waals surface area contributed by atoms with E-state index in [2.05, 4.69) is 28.6 Å². The second-order valence-electron chi connectivity index (χ2n) is 7.59. The second kappa shape index (κ2) is 13.2. The van der Waals surface area contributed by atoms with Crippen LogP contribution in [0, 0.1) is 0 Å². The number of benzene rings is 2. The summed E-state index contributed by atoms with van der Waals surface area (Å²) in [5, 5.41) is 26.0. The number of carboxylic acid groups (broad SMARTS) is 1. The van der Waals surface area contributed by atoms with Gasteiger partial charge in [0.2, 0.25) is 17.7 Å². The fourth-order valence-corrected chi connectivity index (χ4v) is 3.30. The zero-order chi connectivity index (χ0) is 25.1. The van der Waals surface area contributed by atoms with E-state index in [-0.39, 0.29) is 17.9 Å². The number of nitrogens with two attached hydrogens (primary N) is 1. The van der Waals surface area contributed by atoms with Crippen LogP contribution in [0.2, 0.25) is 0 Å². The summed E-state index contributed by atoms with van der Waals surface area (Å²) in [5.41, 5.74) is 7.34. The first-order valence-electron chi connectivity index (χ1n) is 10.5. The molecular weight excluding hydrogens is 460 g/mol. The van der Waals surface area contributed by atoms with Crippen molar-refractivity contribution in [2.45, 2.75) is 31.0 Å². The maximum Gasteiger partial charge on any atom is 0.326 e. The van der Waals surface area contributed by atoms with Gasteiger partial charge in [0, 0.05) is 12.2 Å². The Balaban J connectivity index is 1.85. The van der Waals surface area contributed by atoms with Crippen LogP contribution in [0.15, 0.2) is 54.6 Å². The van der Waals surface area contributed by atoms with Crippen LogP contribution in [-0.4, -0.2) is 64.3 Å². The van der Waals surface area contributed by atoms with E-state index < -0.39 is 48.4 Å². The van der Waals surface area contributed by atoms with Gasteiger partial charge in [-0.15, -0.1) is 0 Å². The van der Waals surface area contributed by atoms with Crippen molar-refractivity contribution < 1.29 is 29.4 Å². The Bertz CT molecular complexity index is 987. The number of hydrogen-bond acceptors (Lipinski definition) is 7. The van der Waals surface area contributed by atoms with E-state index in [1.807, 2.05) is 30.3 Å². The van der Waals surface area contributed by atoms with Gasteiger partial charge in [-0.3, -0.25) is 14.4 Å². The van der Waals surface area contributed by atoms with Crippen LogP contribution in [-0.2, 0) is 32.0 Å². The molecule has 7 N–H and O–H groups in total. The zero-order valence-corrected chi connectivity index (χ0v) is 19.2. The van der Waals surface area contributed by atoms with E-state index in [0.717, 1.165) is 5.56 Å². The molecule has 0 aromatic heterocycles. The van der Waals surface area contributed by atoms with Crippen LogP contribution in [0.5, 0.6) is 5.75 Å². The van der Waals surface area contributed by atoms with Gasteiger partial charge >= 0.3 is 5.97 Å². The fourth-order valence-electron chi connectivity index (χ4n) is 3.04. The highest BCUT2D eigenvalue weighted by Crippen LogP contribution is 2.11. The second-order valence-corrected chi connectivity index (χ2v) is 7.95. The van der Waals surface area contributed by atoms with Crippen LogP contribution in [0.4, 0.5) is 0 Å². The molecule has 2 rings (SSSR count). The van der Waals surface area contributed by atoms with Gasteiger partial charge in [0.1, 0.15) is 17.8 Å². The van der Waals surface area contributed by atoms with Gasteiger partial charge in [0.05, 0.1) is 12.6 Å². The van der Waals surface area contributed by atoms with Crippen LogP contribution in [0.3, 0.4) is 0 Å². The molecule has 0 saturated heterocycles. The number of aromatic hydroxyl groups is 1. The molecule has 0 saturated carbocycles. The number of nitrogens with one attached hydrogen (secondary N) is 3. The number of phenolic OH excluding ortho intramolecular Hbond substituents is 1. The van der Waals surface area contributed by atoms with Gasteiger partial charge in [0.15, 0.2) is 0 Å². The summed E-state index contributed by atoms with van der Waals surface area (Å²) >= 11 is 4.05. The van der Waals surface area contributed by atoms with E-state index in [9.17, 15) is 29.4 Å². The average molecular weight is 489 g/mol. The van der Waals surface area contributed by atoms with Crippen molar-refractivity contribution in [2.75, 3.05) is 12.3 Å². The molecule has 0 aliphatic heterocycles. The van der Waals surface area contributed by atoms with Gasteiger partial charge in [-0.05, 0) is 29.7 Å². The van der Waals surface area contributed by atoms with Crippen LogP contribution < -0.4 is 21.7 Å². The standard InChI is InChI=1S/C23H28N4O6S/c24-17(10-14-4-2-1-3-5-14)21(30)25-12-20(29)26-19(13-34)22(31)27-18(23(32)33)11-15-6-8-16(28)9-7-15/h1-9,17-19,28,34H,10-13,24H2,(H,25,30)(H,26,29)(H,27,31)(H,32,33). The van der Waals surface area contributed by atoms with Gasteiger partial charge in [-0.1, -0.05) is 42.5 Å². The monoisotopic (exact) mass is 488 g/mol. The van der Waals surface area contributed by atoms with E-state index in [1.54, 1.807) is 12.1 Å². The first-order valence-corrected chi connectivity index (χ1v) is 11.1. The molecule has 0 heterocycles. The van der Waals surface area contributed by atoms with Crippen molar-refractivity contribution >= 4 is 36.3 Å². The number of amides is 3. The molecule has 2 aromatic rings. The van der Waals surface area contributed by atoms with Crippen molar-refractivity contribution in [1.29, 1.82) is 0 Å². The first kappa shape index (κ1) is 26.7. The summed E-state index contributed by atoms with van der Waals surface area (Å²) in [4.78, 5) is 48.5. The summed E-state index contributed by atoms with van der Waals surface area (Å²) < 4.78 is 0. The largest absolute Gasteiger partial charge is 0.508 e. The Hall–Kier alpha value is -3.57. The van der Waals surface area contributed by atoms with E-state index in [0.29, 0.717) is 12.0 Å². The molecule has 34 heavy (non-hydrogen) atoms. The molecule has 0 bridgehead atoms. The van der Waals surface area contributed by atoms with Crippen LogP contribution >= 0.6 is 12.6 Å². The number of carbonyl (C=O) groups excluding carboxylic acids is 3. The minimum absolute atomic E-state index is 0.0239. The summed E-state index contributed by atoms with van der Waals surface area (Å²) in [6, 6.07) is 11.9. The predicted octanol–water partition coefficient (Wildman–Crippen LogP) is -0.395. The third-order valence-electron chi connectivity index (χ3n) is 4.88. The molecule has 3 atom stereocenters. The number of hydrogen-bond donors (Lipinski definition) is 7. The van der Waals surface area contributed by atoms with Crippen molar-refractivity contribution in [2.24, 2.45) is 5.73 Å². The molecular formula is C23H28N4O6S.